The topological polar surface area (TPSA) is 47.9 Å². The van der Waals surface area contributed by atoms with Crippen molar-refractivity contribution in [2.24, 2.45) is 5.41 Å². The smallest absolute Gasteiger partial charge is 0.196 e. The van der Waals surface area contributed by atoms with Gasteiger partial charge in [-0.15, -0.1) is 0 Å². The van der Waals surface area contributed by atoms with Crippen molar-refractivity contribution in [1.82, 2.24) is 0 Å². The number of hydrogen-bond acceptors (Lipinski definition) is 4. The Bertz CT molecular complexity index is 211. The van der Waals surface area contributed by atoms with Crippen LogP contribution in [0.2, 0.25) is 0 Å². The summed E-state index contributed by atoms with van der Waals surface area (Å²) >= 11 is 0. The first kappa shape index (κ1) is 12.9. The summed E-state index contributed by atoms with van der Waals surface area (Å²) in [4.78, 5) is 0. The Morgan fingerprint density at radius 1 is 1.07 bits per heavy atom. The second-order valence-corrected chi connectivity index (χ2v) is 4.86. The van der Waals surface area contributed by atoms with Crippen LogP contribution in [-0.2, 0) is 14.2 Å². The van der Waals surface area contributed by atoms with E-state index in [4.69, 9.17) is 14.2 Å². The molecule has 2 unspecified atom stereocenters. The van der Waals surface area contributed by atoms with Crippen molar-refractivity contribution < 1.29 is 19.3 Å². The third kappa shape index (κ3) is 2.18. The molecule has 0 saturated heterocycles. The van der Waals surface area contributed by atoms with E-state index in [-0.39, 0.29) is 11.5 Å². The lowest BCUT2D eigenvalue weighted by Gasteiger charge is -2.49. The molecular weight excluding hydrogens is 196 g/mol. The van der Waals surface area contributed by atoms with Gasteiger partial charge in [0.25, 0.3) is 0 Å². The van der Waals surface area contributed by atoms with Crippen molar-refractivity contribution in [2.75, 3.05) is 21.3 Å². The van der Waals surface area contributed by atoms with Crippen LogP contribution in [0, 0.1) is 5.41 Å². The molecule has 0 heterocycles. The summed E-state index contributed by atoms with van der Waals surface area (Å²) in [5.74, 6) is -0.920. The fourth-order valence-corrected chi connectivity index (χ4v) is 2.38. The molecule has 0 aromatic rings. The number of hydrogen-bond donors (Lipinski definition) is 1. The normalized spacial score (nSPS) is 34.0. The highest BCUT2D eigenvalue weighted by Gasteiger charge is 2.51. The average molecular weight is 218 g/mol. The monoisotopic (exact) mass is 218 g/mol. The van der Waals surface area contributed by atoms with Crippen molar-refractivity contribution >= 4 is 0 Å². The van der Waals surface area contributed by atoms with E-state index < -0.39 is 11.9 Å². The van der Waals surface area contributed by atoms with Gasteiger partial charge < -0.3 is 19.3 Å². The number of aliphatic hydroxyl groups is 1. The summed E-state index contributed by atoms with van der Waals surface area (Å²) in [6, 6.07) is 0. The van der Waals surface area contributed by atoms with Crippen LogP contribution in [0.5, 0.6) is 0 Å². The van der Waals surface area contributed by atoms with Gasteiger partial charge in [0.1, 0.15) is 6.10 Å². The summed E-state index contributed by atoms with van der Waals surface area (Å²) in [6.45, 7) is 4.17. The third-order valence-electron chi connectivity index (χ3n) is 3.54. The van der Waals surface area contributed by atoms with E-state index in [0.717, 1.165) is 0 Å². The molecule has 0 aromatic heterocycles. The van der Waals surface area contributed by atoms with Crippen LogP contribution in [0.25, 0.3) is 0 Å². The first-order valence-corrected chi connectivity index (χ1v) is 5.23. The number of methoxy groups -OCH3 is 3. The predicted molar refractivity (Wildman–Crippen MR) is 56.6 cm³/mol. The van der Waals surface area contributed by atoms with Gasteiger partial charge >= 0.3 is 0 Å². The van der Waals surface area contributed by atoms with Crippen molar-refractivity contribution in [2.45, 2.75) is 44.7 Å². The molecule has 0 aliphatic heterocycles. The summed E-state index contributed by atoms with van der Waals surface area (Å²) in [5.41, 5.74) is -0.0608. The summed E-state index contributed by atoms with van der Waals surface area (Å²) < 4.78 is 16.1. The Hall–Kier alpha value is -0.160. The molecule has 1 saturated carbocycles. The van der Waals surface area contributed by atoms with Gasteiger partial charge in [0.15, 0.2) is 5.79 Å². The maximum absolute atomic E-state index is 10.1. The van der Waals surface area contributed by atoms with Crippen LogP contribution in [0.4, 0.5) is 0 Å². The van der Waals surface area contributed by atoms with E-state index >= 15 is 0 Å². The zero-order chi connectivity index (χ0) is 11.7. The highest BCUT2D eigenvalue weighted by molar-refractivity contribution is 4.97. The number of aliphatic hydroxyl groups excluding tert-OH is 1. The molecule has 1 aliphatic carbocycles. The second-order valence-electron chi connectivity index (χ2n) is 4.86. The molecule has 4 heteroatoms. The lowest BCUT2D eigenvalue weighted by molar-refractivity contribution is -0.302. The van der Waals surface area contributed by atoms with Gasteiger partial charge in [0, 0.05) is 27.8 Å². The van der Waals surface area contributed by atoms with Crippen molar-refractivity contribution in [3.8, 4) is 0 Å². The van der Waals surface area contributed by atoms with Gasteiger partial charge in [-0.1, -0.05) is 13.8 Å². The molecule has 0 amide bonds. The Kier molecular flexibility index (Phi) is 3.76. The summed E-state index contributed by atoms with van der Waals surface area (Å²) in [5, 5.41) is 10.1. The molecule has 0 bridgehead atoms. The zero-order valence-electron chi connectivity index (χ0n) is 10.2. The highest BCUT2D eigenvalue weighted by atomic mass is 16.7. The quantitative estimate of drug-likeness (QED) is 0.722. The van der Waals surface area contributed by atoms with Crippen LogP contribution in [0.3, 0.4) is 0 Å². The van der Waals surface area contributed by atoms with Crippen molar-refractivity contribution in [1.29, 1.82) is 0 Å². The molecule has 1 aliphatic rings. The van der Waals surface area contributed by atoms with Crippen LogP contribution >= 0.6 is 0 Å². The molecule has 1 fully saturated rings. The second kappa shape index (κ2) is 4.37. The van der Waals surface area contributed by atoms with Gasteiger partial charge in [-0.05, 0) is 11.8 Å². The lowest BCUT2D eigenvalue weighted by atomic mass is 9.71. The van der Waals surface area contributed by atoms with Crippen LogP contribution in [0.1, 0.15) is 26.7 Å². The van der Waals surface area contributed by atoms with Crippen LogP contribution in [-0.4, -0.2) is 44.4 Å². The van der Waals surface area contributed by atoms with Gasteiger partial charge in [-0.2, -0.15) is 0 Å². The van der Waals surface area contributed by atoms with Crippen molar-refractivity contribution in [3.05, 3.63) is 0 Å². The first-order chi connectivity index (χ1) is 6.91. The zero-order valence-corrected chi connectivity index (χ0v) is 10.2. The SMILES string of the molecule is COC1CC(OC)(OC)C(O)CC1(C)C. The van der Waals surface area contributed by atoms with Gasteiger partial charge in [-0.25, -0.2) is 0 Å². The van der Waals surface area contributed by atoms with E-state index in [1.54, 1.807) is 21.3 Å². The minimum atomic E-state index is -0.920. The molecule has 0 aromatic carbocycles. The predicted octanol–water partition coefficient (Wildman–Crippen LogP) is 1.17. The molecule has 1 rings (SSSR count). The number of rotatable bonds is 3. The van der Waals surface area contributed by atoms with Gasteiger partial charge in [0.05, 0.1) is 6.10 Å². The number of ether oxygens (including phenoxy) is 3. The maximum atomic E-state index is 10.1. The van der Waals surface area contributed by atoms with Crippen LogP contribution in [0.15, 0.2) is 0 Å². The van der Waals surface area contributed by atoms with E-state index in [9.17, 15) is 5.11 Å². The molecule has 90 valence electrons. The molecule has 15 heavy (non-hydrogen) atoms. The van der Waals surface area contributed by atoms with E-state index in [2.05, 4.69) is 13.8 Å². The molecule has 0 spiro atoms. The Labute approximate surface area is 91.5 Å². The lowest BCUT2D eigenvalue weighted by Crippen LogP contribution is -2.57. The molecule has 0 radical (unpaired) electrons. The summed E-state index contributed by atoms with van der Waals surface area (Å²) in [7, 11) is 4.79. The minimum absolute atomic E-state index is 0.0285. The molecule has 4 nitrogen and oxygen atoms in total. The van der Waals surface area contributed by atoms with E-state index in [1.807, 2.05) is 0 Å². The minimum Gasteiger partial charge on any atom is -0.387 e. The maximum Gasteiger partial charge on any atom is 0.196 e. The van der Waals surface area contributed by atoms with Crippen LogP contribution < -0.4 is 0 Å². The van der Waals surface area contributed by atoms with E-state index in [1.165, 1.54) is 0 Å². The summed E-state index contributed by atoms with van der Waals surface area (Å²) in [6.07, 6.45) is 0.562. The Balaban J connectivity index is 2.89. The van der Waals surface area contributed by atoms with Crippen molar-refractivity contribution in [3.63, 3.8) is 0 Å². The highest BCUT2D eigenvalue weighted by Crippen LogP contribution is 2.43. The first-order valence-electron chi connectivity index (χ1n) is 5.23. The fourth-order valence-electron chi connectivity index (χ4n) is 2.38. The standard InChI is InChI=1S/C11H22O4/c1-10(2)6-8(12)11(14-4,15-5)7-9(10)13-3/h8-9,12H,6-7H2,1-5H3. The van der Waals surface area contributed by atoms with E-state index in [0.29, 0.717) is 12.8 Å². The molecule has 1 N–H and O–H groups in total. The van der Waals surface area contributed by atoms with Gasteiger partial charge in [-0.3, -0.25) is 0 Å². The van der Waals surface area contributed by atoms with Gasteiger partial charge in [0.2, 0.25) is 0 Å². The Morgan fingerprint density at radius 2 is 1.60 bits per heavy atom. The average Bonchev–Trinajstić information content (AvgIpc) is 2.18. The fraction of sp³-hybridized carbons (Fsp3) is 1.00. The molecular formula is C11H22O4. The Morgan fingerprint density at radius 3 is 2.00 bits per heavy atom. The largest absolute Gasteiger partial charge is 0.387 e. The third-order valence-corrected chi connectivity index (χ3v) is 3.54. The molecule has 2 atom stereocenters.